The summed E-state index contributed by atoms with van der Waals surface area (Å²) in [6.45, 7) is 2.32. The van der Waals surface area contributed by atoms with Crippen LogP contribution in [-0.4, -0.2) is 34.1 Å². The van der Waals surface area contributed by atoms with Crippen molar-refractivity contribution in [2.24, 2.45) is 0 Å². The number of fused-ring (bicyclic) bond motifs is 1. The van der Waals surface area contributed by atoms with Gasteiger partial charge in [-0.1, -0.05) is 17.7 Å². The average molecular weight is 370 g/mol. The van der Waals surface area contributed by atoms with Crippen molar-refractivity contribution in [1.29, 1.82) is 0 Å². The Morgan fingerprint density at radius 2 is 2.19 bits per heavy atom. The lowest BCUT2D eigenvalue weighted by atomic mass is 10.0. The van der Waals surface area contributed by atoms with Gasteiger partial charge in [0.25, 0.3) is 5.56 Å². The Balaban J connectivity index is 1.48. The van der Waals surface area contributed by atoms with Crippen LogP contribution in [0.15, 0.2) is 47.7 Å². The Bertz CT molecular complexity index is 973. The van der Waals surface area contributed by atoms with Crippen LogP contribution in [-0.2, 0) is 6.54 Å². The Morgan fingerprint density at radius 1 is 1.27 bits per heavy atom. The van der Waals surface area contributed by atoms with E-state index in [1.54, 1.807) is 18.6 Å². The Hall–Kier alpha value is -2.44. The highest BCUT2D eigenvalue weighted by Gasteiger charge is 2.22. The van der Waals surface area contributed by atoms with Gasteiger partial charge in [-0.05, 0) is 36.6 Å². The molecular weight excluding hydrogens is 350 g/mol. The number of nitrogens with one attached hydrogen (secondary N) is 2. The average Bonchev–Trinajstić information content (AvgIpc) is 2.68. The number of anilines is 1. The van der Waals surface area contributed by atoms with E-state index in [0.717, 1.165) is 47.4 Å². The monoisotopic (exact) mass is 369 g/mol. The van der Waals surface area contributed by atoms with Gasteiger partial charge in [-0.3, -0.25) is 9.78 Å². The smallest absolute Gasteiger partial charge is 0.290 e. The minimum atomic E-state index is -0.138. The molecule has 0 radical (unpaired) electrons. The first kappa shape index (κ1) is 17.0. The summed E-state index contributed by atoms with van der Waals surface area (Å²) in [5.41, 5.74) is 1.92. The first-order valence-electron chi connectivity index (χ1n) is 8.76. The molecule has 0 unspecified atom stereocenters. The second-order valence-corrected chi connectivity index (χ2v) is 6.92. The zero-order chi connectivity index (χ0) is 17.9. The summed E-state index contributed by atoms with van der Waals surface area (Å²) >= 11 is 6.27. The lowest BCUT2D eigenvalue weighted by Crippen LogP contribution is -2.47. The Morgan fingerprint density at radius 3 is 3.08 bits per heavy atom. The molecule has 1 aliphatic rings. The van der Waals surface area contributed by atoms with Crippen molar-refractivity contribution in [3.63, 3.8) is 0 Å². The maximum atomic E-state index is 12.0. The van der Waals surface area contributed by atoms with Crippen LogP contribution in [0.2, 0.25) is 5.02 Å². The summed E-state index contributed by atoms with van der Waals surface area (Å²) < 4.78 is 0. The summed E-state index contributed by atoms with van der Waals surface area (Å²) in [4.78, 5) is 25.5. The third-order valence-corrected chi connectivity index (χ3v) is 5.12. The van der Waals surface area contributed by atoms with Gasteiger partial charge in [0.2, 0.25) is 0 Å². The predicted octanol–water partition coefficient (Wildman–Crippen LogP) is 2.73. The fraction of sp³-hybridized carbons (Fsp3) is 0.316. The van der Waals surface area contributed by atoms with Crippen LogP contribution in [0.4, 0.5) is 5.82 Å². The molecule has 1 aliphatic heterocycles. The molecule has 0 saturated carbocycles. The molecule has 0 spiro atoms. The van der Waals surface area contributed by atoms with Crippen LogP contribution in [0.25, 0.3) is 10.9 Å². The van der Waals surface area contributed by atoms with E-state index in [1.165, 1.54) is 0 Å². The number of H-pyrrole nitrogens is 1. The normalized spacial score (nSPS) is 17.6. The van der Waals surface area contributed by atoms with Crippen LogP contribution >= 0.6 is 11.6 Å². The zero-order valence-corrected chi connectivity index (χ0v) is 15.0. The second-order valence-electron chi connectivity index (χ2n) is 6.51. The van der Waals surface area contributed by atoms with Crippen molar-refractivity contribution in [2.45, 2.75) is 25.4 Å². The van der Waals surface area contributed by atoms with Crippen molar-refractivity contribution in [3.05, 3.63) is 63.8 Å². The highest BCUT2D eigenvalue weighted by molar-refractivity contribution is 6.35. The molecule has 1 saturated heterocycles. The number of aromatic nitrogens is 3. The summed E-state index contributed by atoms with van der Waals surface area (Å²) in [7, 11) is 0. The van der Waals surface area contributed by atoms with Crippen LogP contribution in [0.5, 0.6) is 0 Å². The quantitative estimate of drug-likeness (QED) is 0.739. The lowest BCUT2D eigenvalue weighted by Gasteiger charge is -2.33. The van der Waals surface area contributed by atoms with Gasteiger partial charge in [0.1, 0.15) is 0 Å². The third-order valence-electron chi connectivity index (χ3n) is 4.79. The van der Waals surface area contributed by atoms with Crippen molar-refractivity contribution >= 4 is 28.3 Å². The maximum Gasteiger partial charge on any atom is 0.290 e. The topological polar surface area (TPSA) is 73.9 Å². The molecule has 1 atom stereocenters. The highest BCUT2D eigenvalue weighted by atomic mass is 35.5. The largest absolute Gasteiger partial charge is 0.350 e. The van der Waals surface area contributed by atoms with E-state index in [-0.39, 0.29) is 5.56 Å². The molecule has 2 N–H and O–H groups in total. The van der Waals surface area contributed by atoms with Gasteiger partial charge in [-0.15, -0.1) is 0 Å². The van der Waals surface area contributed by atoms with Crippen LogP contribution in [0.3, 0.4) is 0 Å². The summed E-state index contributed by atoms with van der Waals surface area (Å²) in [5, 5.41) is 5.29. The number of benzene rings is 1. The van der Waals surface area contributed by atoms with Gasteiger partial charge < -0.3 is 15.2 Å². The number of nitrogens with zero attached hydrogens (tertiary/aromatic N) is 3. The SMILES string of the molecule is O=c1[nH]ccnc1N1CCC[C@H](NCc2ccc(Cl)c3cccnc23)C1. The minimum absolute atomic E-state index is 0.138. The zero-order valence-electron chi connectivity index (χ0n) is 14.3. The van der Waals surface area contributed by atoms with E-state index in [0.29, 0.717) is 18.4 Å². The summed E-state index contributed by atoms with van der Waals surface area (Å²) in [6.07, 6.45) is 7.06. The third kappa shape index (κ3) is 3.43. The van der Waals surface area contributed by atoms with Crippen molar-refractivity contribution < 1.29 is 0 Å². The van der Waals surface area contributed by atoms with Crippen molar-refractivity contribution in [2.75, 3.05) is 18.0 Å². The number of aromatic amines is 1. The molecule has 2 aromatic heterocycles. The van der Waals surface area contributed by atoms with Crippen LogP contribution in [0.1, 0.15) is 18.4 Å². The van der Waals surface area contributed by atoms with E-state index in [9.17, 15) is 4.79 Å². The molecule has 3 aromatic rings. The molecule has 1 aromatic carbocycles. The van der Waals surface area contributed by atoms with Crippen LogP contribution < -0.4 is 15.8 Å². The fourth-order valence-electron chi connectivity index (χ4n) is 3.50. The van der Waals surface area contributed by atoms with Crippen LogP contribution in [0, 0.1) is 0 Å². The van der Waals surface area contributed by atoms with E-state index in [1.807, 2.05) is 24.3 Å². The molecule has 134 valence electrons. The Kier molecular flexibility index (Phi) is 4.86. The molecule has 26 heavy (non-hydrogen) atoms. The molecule has 6 nitrogen and oxygen atoms in total. The number of hydrogen-bond donors (Lipinski definition) is 2. The fourth-order valence-corrected chi connectivity index (χ4v) is 3.71. The summed E-state index contributed by atoms with van der Waals surface area (Å²) in [5.74, 6) is 0.498. The standard InChI is InChI=1S/C19H20ClN5O/c20-16-6-5-13(17-15(16)4-1-7-21-17)11-24-14-3-2-10-25(12-14)18-19(26)23-9-8-22-18/h1,4-9,14,24H,2-3,10-12H2,(H,23,26)/t14-/m0/s1. The molecule has 0 bridgehead atoms. The van der Waals surface area contributed by atoms with E-state index >= 15 is 0 Å². The highest BCUT2D eigenvalue weighted by Crippen LogP contribution is 2.25. The van der Waals surface area contributed by atoms with E-state index < -0.39 is 0 Å². The second kappa shape index (κ2) is 7.43. The molecule has 0 aliphatic carbocycles. The van der Waals surface area contributed by atoms with Gasteiger partial charge in [-0.2, -0.15) is 0 Å². The van der Waals surface area contributed by atoms with Gasteiger partial charge in [0.15, 0.2) is 5.82 Å². The molecule has 0 amide bonds. The van der Waals surface area contributed by atoms with Gasteiger partial charge >= 0.3 is 0 Å². The first-order chi connectivity index (χ1) is 12.7. The first-order valence-corrected chi connectivity index (χ1v) is 9.14. The van der Waals surface area contributed by atoms with Gasteiger partial charge in [-0.25, -0.2) is 4.98 Å². The Labute approximate surface area is 156 Å². The number of piperidine rings is 1. The van der Waals surface area contributed by atoms with Gasteiger partial charge in [0, 0.05) is 54.7 Å². The number of halogens is 1. The number of rotatable bonds is 4. The molecule has 4 rings (SSSR count). The van der Waals surface area contributed by atoms with Crippen molar-refractivity contribution in [1.82, 2.24) is 20.3 Å². The molecule has 1 fully saturated rings. The van der Waals surface area contributed by atoms with Crippen molar-refractivity contribution in [3.8, 4) is 0 Å². The van der Waals surface area contributed by atoms with E-state index in [4.69, 9.17) is 11.6 Å². The predicted molar refractivity (Wildman–Crippen MR) is 104 cm³/mol. The number of pyridine rings is 1. The van der Waals surface area contributed by atoms with E-state index in [2.05, 4.69) is 25.2 Å². The number of hydrogen-bond acceptors (Lipinski definition) is 5. The van der Waals surface area contributed by atoms with Gasteiger partial charge in [0.05, 0.1) is 5.52 Å². The molecule has 3 heterocycles. The summed E-state index contributed by atoms with van der Waals surface area (Å²) in [6, 6.07) is 8.12. The molecule has 7 heteroatoms. The lowest BCUT2D eigenvalue weighted by molar-refractivity contribution is 0.420. The maximum absolute atomic E-state index is 12.0. The molecular formula is C19H20ClN5O. The minimum Gasteiger partial charge on any atom is -0.350 e.